The molecule has 248 valence electrons. The number of nitrogens with zero attached hydrogens (tertiary/aromatic N) is 2. The lowest BCUT2D eigenvalue weighted by Crippen LogP contribution is -2.53. The van der Waals surface area contributed by atoms with Gasteiger partial charge in [-0.1, -0.05) is 152 Å². The fourth-order valence-electron chi connectivity index (χ4n) is 8.76. The number of rotatable bonds is 2. The minimum atomic E-state index is -0.135. The predicted molar refractivity (Wildman–Crippen MR) is 218 cm³/mol. The lowest BCUT2D eigenvalue weighted by Gasteiger charge is -2.42. The van der Waals surface area contributed by atoms with Crippen LogP contribution in [0.1, 0.15) is 41.7 Å². The number of aryl methyl sites for hydroxylation is 2. The number of hydrogen-bond donors (Lipinski definition) is 1. The zero-order valence-electron chi connectivity index (χ0n) is 29.5. The van der Waals surface area contributed by atoms with E-state index in [0.717, 1.165) is 35.2 Å². The molecule has 52 heavy (non-hydrogen) atoms. The molecule has 0 saturated carbocycles. The largest absolute Gasteiger partial charge is 0.398 e. The van der Waals surface area contributed by atoms with E-state index in [-0.39, 0.29) is 12.1 Å². The molecule has 0 unspecified atom stereocenters. The fourth-order valence-corrected chi connectivity index (χ4v) is 8.76. The Bertz CT molecular complexity index is 2500. The van der Waals surface area contributed by atoms with Crippen LogP contribution >= 0.6 is 0 Å². The van der Waals surface area contributed by atoms with Crippen LogP contribution in [0.3, 0.4) is 0 Å². The van der Waals surface area contributed by atoms with Crippen molar-refractivity contribution < 1.29 is 0 Å². The number of benzene rings is 7. The summed E-state index contributed by atoms with van der Waals surface area (Å²) in [7, 11) is 0. The Morgan fingerprint density at radius 3 is 1.75 bits per heavy atom. The summed E-state index contributed by atoms with van der Waals surface area (Å²) in [5.41, 5.74) is 24.4. The van der Waals surface area contributed by atoms with Gasteiger partial charge in [0.1, 0.15) is 6.07 Å². The molecule has 0 saturated heterocycles. The van der Waals surface area contributed by atoms with Crippen molar-refractivity contribution in [1.29, 1.82) is 5.26 Å². The van der Waals surface area contributed by atoms with Gasteiger partial charge < -0.3 is 10.6 Å². The molecule has 0 bridgehead atoms. The summed E-state index contributed by atoms with van der Waals surface area (Å²) < 4.78 is 0. The van der Waals surface area contributed by atoms with E-state index in [2.05, 4.69) is 170 Å². The van der Waals surface area contributed by atoms with Crippen molar-refractivity contribution in [2.24, 2.45) is 0 Å². The number of anilines is 4. The predicted octanol–water partition coefficient (Wildman–Crippen LogP) is 9.20. The van der Waals surface area contributed by atoms with Gasteiger partial charge in [0.25, 0.3) is 0 Å². The molecule has 0 fully saturated rings. The molecule has 2 aliphatic heterocycles. The molecule has 2 heterocycles. The third kappa shape index (κ3) is 5.04. The molecule has 0 amide bonds. The third-order valence-corrected chi connectivity index (χ3v) is 11.3. The van der Waals surface area contributed by atoms with Crippen molar-refractivity contribution in [1.82, 2.24) is 0 Å². The van der Waals surface area contributed by atoms with Crippen LogP contribution in [-0.2, 0) is 18.3 Å². The fraction of sp³-hybridized carbons (Fsp3) is 0.104. The van der Waals surface area contributed by atoms with Crippen LogP contribution in [0, 0.1) is 11.3 Å². The number of fused-ring (bicyclic) bond motifs is 8. The van der Waals surface area contributed by atoms with Crippen molar-refractivity contribution in [2.45, 2.75) is 32.1 Å². The average molecular weight is 668 g/mol. The Labute approximate surface area is 306 Å². The van der Waals surface area contributed by atoms with Gasteiger partial charge in [0.05, 0.1) is 22.6 Å². The summed E-state index contributed by atoms with van der Waals surface area (Å²) >= 11 is 0. The number of hydrogen-bond acceptors (Lipinski definition) is 3. The van der Waals surface area contributed by atoms with E-state index >= 15 is 0 Å². The molecule has 0 aromatic heterocycles. The van der Waals surface area contributed by atoms with E-state index in [1.807, 2.05) is 12.1 Å². The van der Waals surface area contributed by atoms with Gasteiger partial charge in [0.2, 0.25) is 6.71 Å². The zero-order chi connectivity index (χ0) is 35.4. The number of para-hydroxylation sites is 2. The molecular weight excluding hydrogens is 629 g/mol. The number of nitrogen functional groups attached to an aromatic ring is 1. The van der Waals surface area contributed by atoms with E-state index in [1.165, 1.54) is 55.6 Å². The van der Waals surface area contributed by atoms with Crippen LogP contribution in [0.4, 0.5) is 22.7 Å². The highest BCUT2D eigenvalue weighted by atomic mass is 15.2. The van der Waals surface area contributed by atoms with Gasteiger partial charge in [-0.05, 0) is 93.7 Å². The van der Waals surface area contributed by atoms with E-state index in [4.69, 9.17) is 5.73 Å². The Morgan fingerprint density at radius 2 is 1.12 bits per heavy atom. The maximum atomic E-state index is 10.0. The first kappa shape index (κ1) is 31.7. The van der Waals surface area contributed by atoms with E-state index < -0.39 is 0 Å². The second kappa shape index (κ2) is 12.5. The highest BCUT2D eigenvalue weighted by molar-refractivity contribution is 6.97. The average Bonchev–Trinajstić information content (AvgIpc) is 3.20. The summed E-state index contributed by atoms with van der Waals surface area (Å²) in [6, 6.07) is 59.6. The summed E-state index contributed by atoms with van der Waals surface area (Å²) in [5, 5.41) is 10.0. The van der Waals surface area contributed by atoms with Gasteiger partial charge in [-0.15, -0.1) is 0 Å². The minimum Gasteiger partial charge on any atom is -0.398 e. The van der Waals surface area contributed by atoms with E-state index in [0.29, 0.717) is 11.3 Å². The Kier molecular flexibility index (Phi) is 7.60. The van der Waals surface area contributed by atoms with Gasteiger partial charge in [-0.25, -0.2) is 0 Å². The molecule has 9 rings (SSSR count). The summed E-state index contributed by atoms with van der Waals surface area (Å²) in [4.78, 5) is 2.45. The van der Waals surface area contributed by atoms with Gasteiger partial charge >= 0.3 is 0 Å². The zero-order valence-corrected chi connectivity index (χ0v) is 29.5. The molecule has 0 spiro atoms. The van der Waals surface area contributed by atoms with Crippen molar-refractivity contribution in [3.8, 4) is 28.3 Å². The number of nitrogens with two attached hydrogens (primary N) is 1. The third-order valence-electron chi connectivity index (χ3n) is 11.3. The first-order valence-electron chi connectivity index (χ1n) is 18.1. The van der Waals surface area contributed by atoms with Crippen LogP contribution in [-0.4, -0.2) is 6.71 Å². The lowest BCUT2D eigenvalue weighted by molar-refractivity contribution is 0.632. The van der Waals surface area contributed by atoms with Crippen molar-refractivity contribution in [2.75, 3.05) is 10.6 Å². The summed E-state index contributed by atoms with van der Waals surface area (Å²) in [5.74, 6) is 0. The summed E-state index contributed by atoms with van der Waals surface area (Å²) in [6.07, 6.45) is 1.58. The minimum absolute atomic E-state index is 0.0508. The highest BCUT2D eigenvalue weighted by Gasteiger charge is 2.37. The number of nitriles is 1. The van der Waals surface area contributed by atoms with Gasteiger partial charge in [-0.3, -0.25) is 0 Å². The maximum Gasteiger partial charge on any atom is 0.242 e. The molecule has 7 aromatic rings. The van der Waals surface area contributed by atoms with Crippen LogP contribution in [0.15, 0.2) is 158 Å². The summed E-state index contributed by atoms with van der Waals surface area (Å²) in [6.45, 7) is 4.61. The molecule has 7 aromatic carbocycles. The normalized spacial score (nSPS) is 13.9. The molecular formula is C48H38BN3. The topological polar surface area (TPSA) is 53.0 Å². The molecule has 2 N–H and O–H groups in total. The maximum absolute atomic E-state index is 10.0. The van der Waals surface area contributed by atoms with Crippen LogP contribution in [0.25, 0.3) is 22.3 Å². The van der Waals surface area contributed by atoms with Crippen LogP contribution in [0.5, 0.6) is 0 Å². The second-order valence-electron chi connectivity index (χ2n) is 14.6. The quantitative estimate of drug-likeness (QED) is 0.148. The van der Waals surface area contributed by atoms with Crippen molar-refractivity contribution >= 4 is 45.9 Å². The molecule has 0 aliphatic carbocycles. The smallest absolute Gasteiger partial charge is 0.242 e. The van der Waals surface area contributed by atoms with Gasteiger partial charge in [0, 0.05) is 11.1 Å². The van der Waals surface area contributed by atoms with Gasteiger partial charge in [0.15, 0.2) is 0 Å². The Balaban J connectivity index is 1.33. The first-order valence-corrected chi connectivity index (χ1v) is 18.1. The standard InChI is InChI=1S/C48H38BN3/c1-48(2)41-18-8-12-22-46(41)52(47-23-13-9-19-42(47)48)36-27-26-32-24-25-33-28-34(31-50)45(51)30-40(33)38-17-7-11-21-44(38)49(35-14-4-3-5-15-35)43-20-10-6-16-37(43)39(32)29-36/h3-23,26-30H,24-25,51H2,1-2H3. The van der Waals surface area contributed by atoms with Crippen LogP contribution in [0.2, 0.25) is 0 Å². The van der Waals surface area contributed by atoms with Gasteiger partial charge in [-0.2, -0.15) is 5.26 Å². The van der Waals surface area contributed by atoms with Crippen molar-refractivity contribution in [3.63, 3.8) is 0 Å². The molecule has 0 atom stereocenters. The Hall–Kier alpha value is -6.31. The molecule has 3 nitrogen and oxygen atoms in total. The first-order chi connectivity index (χ1) is 25.4. The molecule has 4 heteroatoms. The monoisotopic (exact) mass is 667 g/mol. The Morgan fingerprint density at radius 1 is 0.577 bits per heavy atom. The van der Waals surface area contributed by atoms with Crippen LogP contribution < -0.4 is 27.0 Å². The SMILES string of the molecule is CC1(C)c2ccccc2N(c2ccc3c(c2)-c2ccccc2B(c2ccccc2)c2ccccc2-c2cc(N)c(C#N)cc2CC3)c2ccccc21. The van der Waals surface area contributed by atoms with E-state index in [1.54, 1.807) is 0 Å². The van der Waals surface area contributed by atoms with Crippen molar-refractivity contribution in [3.05, 3.63) is 186 Å². The molecule has 2 aliphatic rings. The van der Waals surface area contributed by atoms with E-state index in [9.17, 15) is 5.26 Å². The second-order valence-corrected chi connectivity index (χ2v) is 14.6. The molecule has 0 radical (unpaired) electrons. The lowest BCUT2D eigenvalue weighted by atomic mass is 9.35. The highest BCUT2D eigenvalue weighted by Crippen LogP contribution is 2.52.